The zero-order valence-corrected chi connectivity index (χ0v) is 14.6. The van der Waals surface area contributed by atoms with Crippen LogP contribution in [0, 0.1) is 0 Å². The Morgan fingerprint density at radius 3 is 2.84 bits per heavy atom. The molecule has 25 heavy (non-hydrogen) atoms. The van der Waals surface area contributed by atoms with Gasteiger partial charge in [-0.05, 0) is 18.6 Å². The van der Waals surface area contributed by atoms with Crippen LogP contribution in [0.3, 0.4) is 0 Å². The van der Waals surface area contributed by atoms with E-state index in [0.717, 1.165) is 34.3 Å². The standard InChI is InChI=1S/C15H14ClN7OS/c16-10-5-3-9(4-6-10)11-8-23-15(18-11)25-14(22-23)17-7-1-2-12-19-13(24)21-20-12/h3-6,8H,1-2,7H2,(H,17,22)(H2,19,20,21,24). The summed E-state index contributed by atoms with van der Waals surface area (Å²) in [5, 5.41) is 15.5. The second-order valence-electron chi connectivity index (χ2n) is 5.42. The minimum atomic E-state index is -0.277. The van der Waals surface area contributed by atoms with Crippen molar-refractivity contribution in [2.24, 2.45) is 0 Å². The number of aromatic nitrogens is 6. The molecule has 3 N–H and O–H groups in total. The molecule has 0 aliphatic rings. The first-order chi connectivity index (χ1) is 12.2. The van der Waals surface area contributed by atoms with E-state index < -0.39 is 0 Å². The summed E-state index contributed by atoms with van der Waals surface area (Å²) < 4.78 is 1.77. The highest BCUT2D eigenvalue weighted by Gasteiger charge is 2.09. The van der Waals surface area contributed by atoms with Crippen LogP contribution in [0.2, 0.25) is 5.02 Å². The normalized spacial score (nSPS) is 11.2. The van der Waals surface area contributed by atoms with Gasteiger partial charge in [-0.25, -0.2) is 19.4 Å². The van der Waals surface area contributed by atoms with Gasteiger partial charge in [-0.2, -0.15) is 5.10 Å². The number of benzene rings is 1. The van der Waals surface area contributed by atoms with Gasteiger partial charge < -0.3 is 5.32 Å². The second kappa shape index (κ2) is 6.69. The lowest BCUT2D eigenvalue weighted by Crippen LogP contribution is -2.05. The van der Waals surface area contributed by atoms with Crippen LogP contribution in [0.1, 0.15) is 12.2 Å². The fraction of sp³-hybridized carbons (Fsp3) is 0.200. The monoisotopic (exact) mass is 375 g/mol. The van der Waals surface area contributed by atoms with E-state index in [1.807, 2.05) is 30.5 Å². The van der Waals surface area contributed by atoms with Gasteiger partial charge in [0.25, 0.3) is 0 Å². The third kappa shape index (κ3) is 3.57. The summed E-state index contributed by atoms with van der Waals surface area (Å²) >= 11 is 7.40. The molecule has 0 bridgehead atoms. The third-order valence-corrected chi connectivity index (χ3v) is 4.73. The zero-order chi connectivity index (χ0) is 17.2. The number of H-pyrrole nitrogens is 2. The molecule has 128 valence electrons. The molecule has 0 spiro atoms. The molecule has 4 aromatic rings. The molecular formula is C15H14ClN7OS. The van der Waals surface area contributed by atoms with Crippen molar-refractivity contribution in [2.45, 2.75) is 12.8 Å². The molecule has 8 nitrogen and oxygen atoms in total. The molecule has 0 saturated carbocycles. The number of fused-ring (bicyclic) bond motifs is 1. The Morgan fingerprint density at radius 1 is 1.28 bits per heavy atom. The summed E-state index contributed by atoms with van der Waals surface area (Å²) in [5.41, 5.74) is 1.59. The van der Waals surface area contributed by atoms with Crippen molar-refractivity contribution < 1.29 is 0 Å². The van der Waals surface area contributed by atoms with E-state index in [0.29, 0.717) is 17.3 Å². The predicted molar refractivity (Wildman–Crippen MR) is 97.3 cm³/mol. The Balaban J connectivity index is 1.37. The molecule has 10 heteroatoms. The van der Waals surface area contributed by atoms with Crippen LogP contribution in [0.25, 0.3) is 16.2 Å². The van der Waals surface area contributed by atoms with E-state index in [-0.39, 0.29) is 5.69 Å². The number of nitrogens with zero attached hydrogens (tertiary/aromatic N) is 4. The summed E-state index contributed by atoms with van der Waals surface area (Å²) in [4.78, 5) is 19.0. The highest BCUT2D eigenvalue weighted by atomic mass is 35.5. The molecule has 0 radical (unpaired) electrons. The van der Waals surface area contributed by atoms with Gasteiger partial charge >= 0.3 is 5.69 Å². The van der Waals surface area contributed by atoms with E-state index in [1.165, 1.54) is 11.3 Å². The fourth-order valence-corrected chi connectivity index (χ4v) is 3.34. The smallest absolute Gasteiger partial charge is 0.340 e. The van der Waals surface area contributed by atoms with Crippen molar-refractivity contribution in [2.75, 3.05) is 11.9 Å². The lowest BCUT2D eigenvalue weighted by molar-refractivity contribution is 0.802. The fourth-order valence-electron chi connectivity index (χ4n) is 2.41. The van der Waals surface area contributed by atoms with Crippen LogP contribution >= 0.6 is 22.9 Å². The predicted octanol–water partition coefficient (Wildman–Crippen LogP) is 2.57. The lowest BCUT2D eigenvalue weighted by atomic mass is 10.2. The summed E-state index contributed by atoms with van der Waals surface area (Å²) in [5.74, 6) is 0.661. The van der Waals surface area contributed by atoms with Gasteiger partial charge in [0.15, 0.2) is 0 Å². The van der Waals surface area contributed by atoms with Crippen LogP contribution in [-0.2, 0) is 6.42 Å². The van der Waals surface area contributed by atoms with Gasteiger partial charge in [-0.1, -0.05) is 35.1 Å². The van der Waals surface area contributed by atoms with Crippen LogP contribution in [-0.4, -0.2) is 36.3 Å². The molecule has 1 aromatic carbocycles. The van der Waals surface area contributed by atoms with Crippen molar-refractivity contribution in [3.63, 3.8) is 0 Å². The number of aryl methyl sites for hydroxylation is 1. The van der Waals surface area contributed by atoms with Crippen LogP contribution in [0.15, 0.2) is 35.3 Å². The van der Waals surface area contributed by atoms with Crippen LogP contribution < -0.4 is 11.0 Å². The molecule has 3 aromatic heterocycles. The molecule has 0 amide bonds. The van der Waals surface area contributed by atoms with E-state index in [2.05, 4.69) is 30.6 Å². The van der Waals surface area contributed by atoms with Crippen LogP contribution in [0.5, 0.6) is 0 Å². The van der Waals surface area contributed by atoms with Crippen molar-refractivity contribution in [3.8, 4) is 11.3 Å². The summed E-state index contributed by atoms with van der Waals surface area (Å²) in [6, 6.07) is 7.56. The van der Waals surface area contributed by atoms with Gasteiger partial charge in [0, 0.05) is 23.6 Å². The molecular weight excluding hydrogens is 362 g/mol. The van der Waals surface area contributed by atoms with Crippen molar-refractivity contribution in [1.82, 2.24) is 29.8 Å². The van der Waals surface area contributed by atoms with E-state index in [4.69, 9.17) is 11.6 Å². The second-order valence-corrected chi connectivity index (χ2v) is 6.81. The largest absolute Gasteiger partial charge is 0.360 e. The topological polar surface area (TPSA) is 104 Å². The first kappa shape index (κ1) is 15.9. The lowest BCUT2D eigenvalue weighted by Gasteiger charge is -2.00. The Kier molecular flexibility index (Phi) is 4.24. The molecule has 0 fully saturated rings. The zero-order valence-electron chi connectivity index (χ0n) is 13.0. The molecule has 0 aliphatic carbocycles. The molecule has 0 aliphatic heterocycles. The van der Waals surface area contributed by atoms with Gasteiger partial charge in [-0.3, -0.25) is 4.98 Å². The molecule has 0 saturated heterocycles. The van der Waals surface area contributed by atoms with Crippen molar-refractivity contribution in [3.05, 3.63) is 51.8 Å². The van der Waals surface area contributed by atoms with Crippen molar-refractivity contribution in [1.29, 1.82) is 0 Å². The van der Waals surface area contributed by atoms with E-state index in [1.54, 1.807) is 4.52 Å². The average molecular weight is 376 g/mol. The van der Waals surface area contributed by atoms with Gasteiger partial charge in [-0.15, -0.1) is 5.10 Å². The molecule has 0 unspecified atom stereocenters. The maximum Gasteiger partial charge on any atom is 0.340 e. The van der Waals surface area contributed by atoms with E-state index >= 15 is 0 Å². The summed E-state index contributed by atoms with van der Waals surface area (Å²) in [7, 11) is 0. The van der Waals surface area contributed by atoms with Crippen molar-refractivity contribution >= 4 is 33.0 Å². The number of rotatable bonds is 6. The quantitative estimate of drug-likeness (QED) is 0.449. The Labute approximate surface area is 150 Å². The van der Waals surface area contributed by atoms with Gasteiger partial charge in [0.1, 0.15) is 5.82 Å². The Bertz CT molecular complexity index is 1010. The Morgan fingerprint density at radius 2 is 2.12 bits per heavy atom. The minimum Gasteiger partial charge on any atom is -0.360 e. The number of anilines is 1. The highest BCUT2D eigenvalue weighted by molar-refractivity contribution is 7.20. The Hall–Kier alpha value is -2.65. The third-order valence-electron chi connectivity index (χ3n) is 3.60. The number of imidazole rings is 1. The average Bonchev–Trinajstić information content (AvgIpc) is 3.27. The molecule has 4 rings (SSSR count). The SMILES string of the molecule is O=c1[nH]nc(CCCNc2nn3cc(-c4ccc(Cl)cc4)nc3s2)[nH]1. The summed E-state index contributed by atoms with van der Waals surface area (Å²) in [6.07, 6.45) is 3.42. The van der Waals surface area contributed by atoms with E-state index in [9.17, 15) is 4.79 Å². The first-order valence-electron chi connectivity index (χ1n) is 7.67. The number of nitrogens with one attached hydrogen (secondary N) is 3. The number of aromatic amines is 2. The summed E-state index contributed by atoms with van der Waals surface area (Å²) in [6.45, 7) is 0.732. The van der Waals surface area contributed by atoms with Crippen LogP contribution in [0.4, 0.5) is 5.13 Å². The molecule has 0 atom stereocenters. The minimum absolute atomic E-state index is 0.277. The number of hydrogen-bond acceptors (Lipinski definition) is 6. The highest BCUT2D eigenvalue weighted by Crippen LogP contribution is 2.25. The number of halogens is 1. The maximum atomic E-state index is 10.9. The first-order valence-corrected chi connectivity index (χ1v) is 8.86. The van der Waals surface area contributed by atoms with Gasteiger partial charge in [0.2, 0.25) is 10.1 Å². The maximum absolute atomic E-state index is 10.9. The van der Waals surface area contributed by atoms with Gasteiger partial charge in [0.05, 0.1) is 11.9 Å². The molecule has 3 heterocycles. The number of hydrogen-bond donors (Lipinski definition) is 3.